The van der Waals surface area contributed by atoms with E-state index in [1.165, 1.54) is 5.56 Å². The maximum absolute atomic E-state index is 10.2. The molecule has 0 radical (unpaired) electrons. The molecule has 17 heavy (non-hydrogen) atoms. The zero-order valence-electron chi connectivity index (χ0n) is 10.6. The molecule has 1 aliphatic rings. The van der Waals surface area contributed by atoms with Gasteiger partial charge in [0.05, 0.1) is 5.60 Å². The van der Waals surface area contributed by atoms with E-state index in [0.717, 1.165) is 13.1 Å². The molecule has 1 fully saturated rings. The third-order valence-corrected chi connectivity index (χ3v) is 3.06. The first-order valence-electron chi connectivity index (χ1n) is 6.12. The van der Waals surface area contributed by atoms with E-state index < -0.39 is 5.60 Å². The maximum Gasteiger partial charge on any atom is 0.0869 e. The number of aromatic nitrogens is 1. The highest BCUT2D eigenvalue weighted by atomic mass is 16.3. The van der Waals surface area contributed by atoms with E-state index in [4.69, 9.17) is 0 Å². The van der Waals surface area contributed by atoms with Crippen molar-refractivity contribution in [2.24, 2.45) is 0 Å². The van der Waals surface area contributed by atoms with Crippen molar-refractivity contribution in [3.8, 4) is 0 Å². The molecule has 1 aliphatic heterocycles. The van der Waals surface area contributed by atoms with Gasteiger partial charge in [-0.05, 0) is 25.5 Å². The van der Waals surface area contributed by atoms with Crippen molar-refractivity contribution in [3.05, 3.63) is 30.1 Å². The molecule has 2 unspecified atom stereocenters. The summed E-state index contributed by atoms with van der Waals surface area (Å²) in [5.74, 6) is 0. The Bertz CT molecular complexity index is 353. The highest BCUT2D eigenvalue weighted by Crippen LogP contribution is 2.13. The molecule has 1 aromatic rings. The smallest absolute Gasteiger partial charge is 0.0869 e. The minimum Gasteiger partial charge on any atom is -0.388 e. The Balaban J connectivity index is 2.03. The first-order chi connectivity index (χ1) is 8.05. The molecule has 0 amide bonds. The van der Waals surface area contributed by atoms with Gasteiger partial charge in [0, 0.05) is 44.6 Å². The van der Waals surface area contributed by atoms with Gasteiger partial charge < -0.3 is 10.4 Å². The topological polar surface area (TPSA) is 48.4 Å². The van der Waals surface area contributed by atoms with Crippen LogP contribution in [0, 0.1) is 0 Å². The average Bonchev–Trinajstić information content (AvgIpc) is 2.39. The van der Waals surface area contributed by atoms with E-state index in [9.17, 15) is 5.11 Å². The Morgan fingerprint density at radius 2 is 2.47 bits per heavy atom. The molecule has 0 spiro atoms. The predicted octanol–water partition coefficient (Wildman–Crippen LogP) is 0.626. The summed E-state index contributed by atoms with van der Waals surface area (Å²) in [6.07, 6.45) is 3.67. The minimum absolute atomic E-state index is 0.403. The lowest BCUT2D eigenvalue weighted by Crippen LogP contribution is -2.43. The van der Waals surface area contributed by atoms with E-state index in [0.29, 0.717) is 19.1 Å². The van der Waals surface area contributed by atoms with Crippen molar-refractivity contribution in [2.75, 3.05) is 19.6 Å². The molecule has 4 nitrogen and oxygen atoms in total. The number of rotatable bonds is 2. The number of hydrogen-bond acceptors (Lipinski definition) is 4. The van der Waals surface area contributed by atoms with E-state index in [-0.39, 0.29) is 0 Å². The third-order valence-electron chi connectivity index (χ3n) is 3.06. The number of hydrogen-bond donors (Lipinski definition) is 2. The van der Waals surface area contributed by atoms with Crippen molar-refractivity contribution in [3.63, 3.8) is 0 Å². The van der Waals surface area contributed by atoms with Crippen LogP contribution < -0.4 is 5.32 Å². The summed E-state index contributed by atoms with van der Waals surface area (Å²) in [7, 11) is 0. The highest BCUT2D eigenvalue weighted by Gasteiger charge is 2.28. The van der Waals surface area contributed by atoms with E-state index >= 15 is 0 Å². The van der Waals surface area contributed by atoms with Gasteiger partial charge in [0.1, 0.15) is 0 Å². The Labute approximate surface area is 103 Å². The SMILES string of the molecule is CC1CN(Cc2cccnc2)CC(C)(O)CN1. The monoisotopic (exact) mass is 235 g/mol. The Morgan fingerprint density at radius 3 is 3.18 bits per heavy atom. The van der Waals surface area contributed by atoms with Gasteiger partial charge in [-0.15, -0.1) is 0 Å². The fourth-order valence-electron chi connectivity index (χ4n) is 2.32. The van der Waals surface area contributed by atoms with Gasteiger partial charge in [0.2, 0.25) is 0 Å². The Kier molecular flexibility index (Phi) is 3.76. The summed E-state index contributed by atoms with van der Waals surface area (Å²) in [5, 5.41) is 13.5. The highest BCUT2D eigenvalue weighted by molar-refractivity contribution is 5.08. The molecule has 2 N–H and O–H groups in total. The van der Waals surface area contributed by atoms with Crippen molar-refractivity contribution >= 4 is 0 Å². The number of aliphatic hydroxyl groups is 1. The summed E-state index contributed by atoms with van der Waals surface area (Å²) < 4.78 is 0. The molecule has 0 saturated carbocycles. The molecule has 2 rings (SSSR count). The average molecular weight is 235 g/mol. The molecule has 0 bridgehead atoms. The quantitative estimate of drug-likeness (QED) is 0.789. The number of β-amino-alcohol motifs (C(OH)–C–C–N with tert-alkyl or cyclic N) is 1. The van der Waals surface area contributed by atoms with Crippen LogP contribution in [0.2, 0.25) is 0 Å². The van der Waals surface area contributed by atoms with Gasteiger partial charge >= 0.3 is 0 Å². The predicted molar refractivity (Wildman–Crippen MR) is 67.6 cm³/mol. The lowest BCUT2D eigenvalue weighted by Gasteiger charge is -2.27. The van der Waals surface area contributed by atoms with Crippen molar-refractivity contribution in [2.45, 2.75) is 32.0 Å². The van der Waals surface area contributed by atoms with E-state index in [1.54, 1.807) is 6.20 Å². The van der Waals surface area contributed by atoms with Crippen LogP contribution in [-0.4, -0.2) is 46.3 Å². The lowest BCUT2D eigenvalue weighted by atomic mass is 10.1. The van der Waals surface area contributed by atoms with Crippen molar-refractivity contribution in [1.82, 2.24) is 15.2 Å². The molecule has 4 heteroatoms. The molecule has 94 valence electrons. The van der Waals surface area contributed by atoms with Crippen LogP contribution in [0.5, 0.6) is 0 Å². The molecule has 0 aliphatic carbocycles. The van der Waals surface area contributed by atoms with E-state index in [1.807, 2.05) is 19.2 Å². The van der Waals surface area contributed by atoms with E-state index in [2.05, 4.69) is 28.2 Å². The van der Waals surface area contributed by atoms with Gasteiger partial charge in [-0.25, -0.2) is 0 Å². The van der Waals surface area contributed by atoms with Crippen molar-refractivity contribution < 1.29 is 5.11 Å². The number of nitrogens with zero attached hydrogens (tertiary/aromatic N) is 2. The van der Waals surface area contributed by atoms with Crippen LogP contribution in [0.4, 0.5) is 0 Å². The lowest BCUT2D eigenvalue weighted by molar-refractivity contribution is 0.0321. The van der Waals surface area contributed by atoms with Gasteiger partial charge in [0.15, 0.2) is 0 Å². The number of nitrogens with one attached hydrogen (secondary N) is 1. The number of pyridine rings is 1. The standard InChI is InChI=1S/C13H21N3O/c1-11-7-16(10-13(2,17)9-15-11)8-12-4-3-5-14-6-12/h3-6,11,15,17H,7-10H2,1-2H3. The zero-order chi connectivity index (χ0) is 12.3. The van der Waals surface area contributed by atoms with Crippen LogP contribution in [0.1, 0.15) is 19.4 Å². The van der Waals surface area contributed by atoms with Gasteiger partial charge in [-0.3, -0.25) is 9.88 Å². The summed E-state index contributed by atoms with van der Waals surface area (Å²) in [4.78, 5) is 6.40. The Hall–Kier alpha value is -0.970. The second-order valence-corrected chi connectivity index (χ2v) is 5.31. The van der Waals surface area contributed by atoms with Gasteiger partial charge in [-0.1, -0.05) is 6.07 Å². The Morgan fingerprint density at radius 1 is 1.65 bits per heavy atom. The molecule has 2 heterocycles. The molecule has 0 aromatic carbocycles. The molecule has 2 atom stereocenters. The molecule has 1 aromatic heterocycles. The van der Waals surface area contributed by atoms with Crippen molar-refractivity contribution in [1.29, 1.82) is 0 Å². The minimum atomic E-state index is -0.660. The first-order valence-corrected chi connectivity index (χ1v) is 6.12. The van der Waals surface area contributed by atoms with Crippen LogP contribution in [0.25, 0.3) is 0 Å². The molecular weight excluding hydrogens is 214 g/mol. The largest absolute Gasteiger partial charge is 0.388 e. The fraction of sp³-hybridized carbons (Fsp3) is 0.615. The second-order valence-electron chi connectivity index (χ2n) is 5.31. The summed E-state index contributed by atoms with van der Waals surface area (Å²) >= 11 is 0. The summed E-state index contributed by atoms with van der Waals surface area (Å²) in [6.45, 7) is 7.17. The zero-order valence-corrected chi connectivity index (χ0v) is 10.6. The second kappa shape index (κ2) is 5.12. The van der Waals surface area contributed by atoms with Gasteiger partial charge in [-0.2, -0.15) is 0 Å². The maximum atomic E-state index is 10.2. The van der Waals surface area contributed by atoms with Crippen LogP contribution >= 0.6 is 0 Å². The van der Waals surface area contributed by atoms with Crippen LogP contribution in [0.15, 0.2) is 24.5 Å². The summed E-state index contributed by atoms with van der Waals surface area (Å²) in [5.41, 5.74) is 0.532. The van der Waals surface area contributed by atoms with Crippen LogP contribution in [-0.2, 0) is 6.54 Å². The third kappa shape index (κ3) is 3.77. The van der Waals surface area contributed by atoms with Crippen LogP contribution in [0.3, 0.4) is 0 Å². The fourth-order valence-corrected chi connectivity index (χ4v) is 2.32. The normalized spacial score (nSPS) is 31.1. The molecule has 1 saturated heterocycles. The molecular formula is C13H21N3O. The summed E-state index contributed by atoms with van der Waals surface area (Å²) in [6, 6.07) is 4.43. The first kappa shape index (κ1) is 12.5. The van der Waals surface area contributed by atoms with Gasteiger partial charge in [0.25, 0.3) is 0 Å².